The molecule has 0 heterocycles. The number of rotatable bonds is 2. The van der Waals surface area contributed by atoms with Crippen LogP contribution in [-0.4, -0.2) is 10.5 Å². The summed E-state index contributed by atoms with van der Waals surface area (Å²) in [5.74, 6) is 0. The van der Waals surface area contributed by atoms with Gasteiger partial charge >= 0.3 is 0 Å². The van der Waals surface area contributed by atoms with Crippen molar-refractivity contribution in [3.63, 3.8) is 0 Å². The maximum Gasteiger partial charge on any atom is 0.0504 e. The molecule has 0 spiro atoms. The van der Waals surface area contributed by atoms with Gasteiger partial charge in [0.15, 0.2) is 0 Å². The van der Waals surface area contributed by atoms with Crippen LogP contribution in [0.5, 0.6) is 0 Å². The van der Waals surface area contributed by atoms with Gasteiger partial charge in [0.2, 0.25) is 0 Å². The Kier molecular flexibility index (Phi) is 4.23. The topological polar surface area (TPSA) is 17.1 Å². The smallest absolute Gasteiger partial charge is 0.0504 e. The number of hydrogen-bond acceptors (Lipinski definition) is 1. The maximum atomic E-state index is 12.4. The average Bonchev–Trinajstić information content (AvgIpc) is 3.18. The Bertz CT molecular complexity index is 1490. The highest BCUT2D eigenvalue weighted by Crippen LogP contribution is 2.59. The van der Waals surface area contributed by atoms with E-state index in [2.05, 4.69) is 88.4 Å². The predicted molar refractivity (Wildman–Crippen MR) is 139 cm³/mol. The minimum atomic E-state index is -1.03. The zero-order chi connectivity index (χ0) is 23.1. The Morgan fingerprint density at radius 1 is 0.606 bits per heavy atom. The third-order valence-electron chi connectivity index (χ3n) is 7.86. The van der Waals surface area contributed by atoms with Gasteiger partial charge in [0.05, 0.1) is 10.8 Å². The first-order valence-corrected chi connectivity index (χ1v) is 13.1. The highest BCUT2D eigenvalue weighted by atomic mass is 32.2. The summed E-state index contributed by atoms with van der Waals surface area (Å²) < 4.78 is 12.4. The Balaban J connectivity index is 1.63. The van der Waals surface area contributed by atoms with Gasteiger partial charge in [-0.15, -0.1) is 0 Å². The molecule has 1 atom stereocenters. The summed E-state index contributed by atoms with van der Waals surface area (Å²) in [6.07, 6.45) is 1.76. The second-order valence-corrected chi connectivity index (χ2v) is 11.8. The molecule has 4 aromatic rings. The molecule has 0 saturated heterocycles. The van der Waals surface area contributed by atoms with Crippen LogP contribution in [0.4, 0.5) is 0 Å². The summed E-state index contributed by atoms with van der Waals surface area (Å²) in [7, 11) is -1.03. The van der Waals surface area contributed by atoms with Crippen LogP contribution in [0.15, 0.2) is 83.8 Å². The Labute approximate surface area is 199 Å². The van der Waals surface area contributed by atoms with Crippen molar-refractivity contribution in [3.8, 4) is 33.4 Å². The van der Waals surface area contributed by atoms with Crippen molar-refractivity contribution in [3.05, 3.63) is 101 Å². The fourth-order valence-corrected chi connectivity index (χ4v) is 7.00. The molecule has 2 heteroatoms. The van der Waals surface area contributed by atoms with Crippen LogP contribution in [0.1, 0.15) is 49.9 Å². The molecule has 1 unspecified atom stereocenters. The van der Waals surface area contributed by atoms with E-state index in [9.17, 15) is 4.21 Å². The molecule has 0 saturated carbocycles. The number of hydrogen-bond donors (Lipinski definition) is 0. The molecule has 6 rings (SSSR count). The van der Waals surface area contributed by atoms with Gasteiger partial charge in [0, 0.05) is 22.0 Å². The molecule has 0 amide bonds. The molecule has 164 valence electrons. The van der Waals surface area contributed by atoms with Gasteiger partial charge in [-0.2, -0.15) is 0 Å². The van der Waals surface area contributed by atoms with Crippen LogP contribution in [-0.2, 0) is 21.6 Å². The van der Waals surface area contributed by atoms with Crippen LogP contribution in [0.3, 0.4) is 0 Å². The van der Waals surface area contributed by atoms with Crippen LogP contribution >= 0.6 is 0 Å². The summed E-state index contributed by atoms with van der Waals surface area (Å²) in [5.41, 5.74) is 13.2. The molecular formula is C31H28OS. The zero-order valence-electron chi connectivity index (χ0n) is 19.8. The minimum absolute atomic E-state index is 0.00109. The lowest BCUT2D eigenvalue weighted by Gasteiger charge is -2.26. The van der Waals surface area contributed by atoms with Crippen molar-refractivity contribution < 1.29 is 4.21 Å². The quantitative estimate of drug-likeness (QED) is 0.307. The molecule has 4 aromatic carbocycles. The molecule has 1 nitrogen and oxygen atoms in total. The van der Waals surface area contributed by atoms with Gasteiger partial charge in [-0.25, -0.2) is 0 Å². The van der Waals surface area contributed by atoms with E-state index in [-0.39, 0.29) is 10.8 Å². The Morgan fingerprint density at radius 2 is 1.24 bits per heavy atom. The molecule has 0 aromatic heterocycles. The standard InChI is InChI=1S/C31H28OS/c1-30(2)24-12-8-6-11-22(24)28-26(30)17-15-21-23-18-19(14-16-25(23)31(3,4)29(21)28)20-10-7-9-13-27(20)33(5)32/h6-18H,1-5H3. The van der Waals surface area contributed by atoms with Crippen molar-refractivity contribution in [1.29, 1.82) is 0 Å². The van der Waals surface area contributed by atoms with Gasteiger partial charge in [0.25, 0.3) is 0 Å². The second kappa shape index (κ2) is 6.77. The lowest BCUT2D eigenvalue weighted by atomic mass is 9.77. The highest BCUT2D eigenvalue weighted by Gasteiger charge is 2.44. The summed E-state index contributed by atoms with van der Waals surface area (Å²) in [6.45, 7) is 9.42. The van der Waals surface area contributed by atoms with Gasteiger partial charge in [-0.3, -0.25) is 4.21 Å². The Hall–Kier alpha value is -2.97. The molecular weight excluding hydrogens is 420 g/mol. The normalized spacial score (nSPS) is 17.1. The molecule has 0 N–H and O–H groups in total. The third kappa shape index (κ3) is 2.68. The number of fused-ring (bicyclic) bond motifs is 7. The lowest BCUT2D eigenvalue weighted by Crippen LogP contribution is -2.18. The maximum absolute atomic E-state index is 12.4. The van der Waals surface area contributed by atoms with E-state index >= 15 is 0 Å². The molecule has 0 radical (unpaired) electrons. The van der Waals surface area contributed by atoms with E-state index in [4.69, 9.17) is 0 Å². The van der Waals surface area contributed by atoms with Crippen molar-refractivity contribution in [1.82, 2.24) is 0 Å². The fraction of sp³-hybridized carbons (Fsp3) is 0.226. The first-order chi connectivity index (χ1) is 15.7. The summed E-state index contributed by atoms with van der Waals surface area (Å²) in [5, 5.41) is 0. The SMILES string of the molecule is CS(=O)c1ccccc1-c1ccc2c(c1)-c1ccc3c(c1C2(C)C)-c1ccccc1C3(C)C. The van der Waals surface area contributed by atoms with Gasteiger partial charge in [-0.05, 0) is 67.8 Å². The molecule has 33 heavy (non-hydrogen) atoms. The van der Waals surface area contributed by atoms with Crippen LogP contribution in [0.25, 0.3) is 33.4 Å². The molecule has 0 bridgehead atoms. The van der Waals surface area contributed by atoms with Crippen molar-refractivity contribution in [2.75, 3.05) is 6.26 Å². The number of benzene rings is 4. The van der Waals surface area contributed by atoms with E-state index in [1.54, 1.807) is 6.26 Å². The van der Waals surface area contributed by atoms with Gasteiger partial charge < -0.3 is 0 Å². The first kappa shape index (κ1) is 20.6. The van der Waals surface area contributed by atoms with Gasteiger partial charge in [0.1, 0.15) is 0 Å². The van der Waals surface area contributed by atoms with E-state index in [1.165, 1.54) is 44.5 Å². The summed E-state index contributed by atoms with van der Waals surface area (Å²) in [4.78, 5) is 0.888. The first-order valence-electron chi connectivity index (χ1n) is 11.6. The second-order valence-electron chi connectivity index (χ2n) is 10.4. The van der Waals surface area contributed by atoms with Crippen LogP contribution in [0.2, 0.25) is 0 Å². The highest BCUT2D eigenvalue weighted by molar-refractivity contribution is 7.84. The lowest BCUT2D eigenvalue weighted by molar-refractivity contribution is 0.647. The summed E-state index contributed by atoms with van der Waals surface area (Å²) in [6, 6.07) is 28.5. The van der Waals surface area contributed by atoms with Crippen LogP contribution in [0, 0.1) is 0 Å². The predicted octanol–water partition coefficient (Wildman–Crippen LogP) is 7.70. The minimum Gasteiger partial charge on any atom is -0.255 e. The molecule has 2 aliphatic carbocycles. The van der Waals surface area contributed by atoms with Crippen molar-refractivity contribution in [2.24, 2.45) is 0 Å². The van der Waals surface area contributed by atoms with Crippen molar-refractivity contribution in [2.45, 2.75) is 43.4 Å². The van der Waals surface area contributed by atoms with E-state index in [0.29, 0.717) is 0 Å². The van der Waals surface area contributed by atoms with Crippen LogP contribution < -0.4 is 0 Å². The van der Waals surface area contributed by atoms with Crippen molar-refractivity contribution >= 4 is 10.8 Å². The van der Waals surface area contributed by atoms with E-state index < -0.39 is 10.8 Å². The monoisotopic (exact) mass is 448 g/mol. The largest absolute Gasteiger partial charge is 0.255 e. The van der Waals surface area contributed by atoms with Gasteiger partial charge in [-0.1, -0.05) is 94.4 Å². The molecule has 0 aliphatic heterocycles. The fourth-order valence-electron chi connectivity index (χ4n) is 6.24. The van der Waals surface area contributed by atoms with E-state index in [0.717, 1.165) is 16.0 Å². The zero-order valence-corrected chi connectivity index (χ0v) is 20.6. The average molecular weight is 449 g/mol. The van der Waals surface area contributed by atoms with E-state index in [1.807, 2.05) is 18.2 Å². The summed E-state index contributed by atoms with van der Waals surface area (Å²) >= 11 is 0. The third-order valence-corrected chi connectivity index (χ3v) is 8.84. The Morgan fingerprint density at radius 3 is 2.00 bits per heavy atom. The molecule has 0 fully saturated rings. The molecule has 2 aliphatic rings.